The van der Waals surface area contributed by atoms with Crippen LogP contribution >= 0.6 is 0 Å². The summed E-state index contributed by atoms with van der Waals surface area (Å²) >= 11 is 0. The summed E-state index contributed by atoms with van der Waals surface area (Å²) in [6, 6.07) is 11.4. The first kappa shape index (κ1) is 17.6. The van der Waals surface area contributed by atoms with Gasteiger partial charge in [-0.1, -0.05) is 18.2 Å². The van der Waals surface area contributed by atoms with Crippen LogP contribution in [-0.2, 0) is 21.9 Å². The van der Waals surface area contributed by atoms with E-state index in [2.05, 4.69) is 20.1 Å². The van der Waals surface area contributed by atoms with Crippen LogP contribution in [0.25, 0.3) is 11.3 Å². The first-order chi connectivity index (χ1) is 12.3. The fourth-order valence-corrected chi connectivity index (χ4v) is 3.48. The fourth-order valence-electron chi connectivity index (χ4n) is 2.43. The molecule has 0 aliphatic heterocycles. The summed E-state index contributed by atoms with van der Waals surface area (Å²) in [6.45, 7) is 1.40. The average molecular weight is 371 g/mol. The first-order valence-electron chi connectivity index (χ1n) is 7.70. The number of benzene rings is 1. The number of pyridine rings is 1. The second-order valence-electron chi connectivity index (χ2n) is 5.60. The molecule has 0 saturated carbocycles. The standard InChI is InChI=1S/C17H17N5O3S/c1-12(23)19-17-9-16(22(2)20-17)13-8-14(11-18-10-13)21-26(24,25)15-6-4-3-5-7-15/h3-11,21H,1-2H3,(H,19,20,23). The molecule has 9 heteroatoms. The number of nitrogens with zero attached hydrogens (tertiary/aromatic N) is 3. The van der Waals surface area contributed by atoms with E-state index in [-0.39, 0.29) is 10.8 Å². The van der Waals surface area contributed by atoms with Crippen LogP contribution in [0.4, 0.5) is 11.5 Å². The lowest BCUT2D eigenvalue weighted by molar-refractivity contribution is -0.114. The molecule has 0 bridgehead atoms. The maximum Gasteiger partial charge on any atom is 0.261 e. The van der Waals surface area contributed by atoms with Gasteiger partial charge in [-0.3, -0.25) is 19.2 Å². The van der Waals surface area contributed by atoms with Crippen molar-refractivity contribution < 1.29 is 13.2 Å². The van der Waals surface area contributed by atoms with Crippen LogP contribution in [0.5, 0.6) is 0 Å². The second kappa shape index (κ2) is 6.96. The van der Waals surface area contributed by atoms with E-state index in [0.717, 1.165) is 0 Å². The third kappa shape index (κ3) is 3.89. The number of aromatic nitrogens is 3. The molecule has 3 aromatic rings. The van der Waals surface area contributed by atoms with Crippen molar-refractivity contribution in [3.8, 4) is 11.3 Å². The van der Waals surface area contributed by atoms with Crippen LogP contribution in [0, 0.1) is 0 Å². The van der Waals surface area contributed by atoms with Crippen molar-refractivity contribution >= 4 is 27.4 Å². The maximum atomic E-state index is 12.4. The van der Waals surface area contributed by atoms with Crippen LogP contribution in [-0.4, -0.2) is 29.1 Å². The van der Waals surface area contributed by atoms with E-state index >= 15 is 0 Å². The molecule has 0 unspecified atom stereocenters. The molecule has 1 aromatic carbocycles. The normalized spacial score (nSPS) is 11.2. The first-order valence-corrected chi connectivity index (χ1v) is 9.18. The number of carbonyl (C=O) groups is 1. The molecule has 2 aromatic heterocycles. The molecule has 26 heavy (non-hydrogen) atoms. The Balaban J connectivity index is 1.90. The molecule has 0 radical (unpaired) electrons. The van der Waals surface area contributed by atoms with Crippen molar-refractivity contribution in [2.75, 3.05) is 10.0 Å². The molecule has 0 atom stereocenters. The highest BCUT2D eigenvalue weighted by Gasteiger charge is 2.15. The van der Waals surface area contributed by atoms with Gasteiger partial charge < -0.3 is 5.32 Å². The van der Waals surface area contributed by atoms with E-state index < -0.39 is 10.0 Å². The zero-order chi connectivity index (χ0) is 18.7. The molecule has 3 rings (SSSR count). The molecular weight excluding hydrogens is 354 g/mol. The Kier molecular flexibility index (Phi) is 4.72. The predicted molar refractivity (Wildman–Crippen MR) is 98.0 cm³/mol. The number of carbonyl (C=O) groups excluding carboxylic acids is 1. The Morgan fingerprint density at radius 3 is 2.54 bits per heavy atom. The average Bonchev–Trinajstić information content (AvgIpc) is 2.95. The minimum Gasteiger partial charge on any atom is -0.309 e. The molecular formula is C17H17N5O3S. The number of amides is 1. The lowest BCUT2D eigenvalue weighted by Crippen LogP contribution is -2.13. The van der Waals surface area contributed by atoms with Crippen LogP contribution in [0.3, 0.4) is 0 Å². The van der Waals surface area contributed by atoms with E-state index in [1.165, 1.54) is 25.3 Å². The minimum atomic E-state index is -3.70. The molecule has 8 nitrogen and oxygen atoms in total. The van der Waals surface area contributed by atoms with Crippen molar-refractivity contribution in [3.05, 3.63) is 54.9 Å². The fraction of sp³-hybridized carbons (Fsp3) is 0.118. The highest BCUT2D eigenvalue weighted by atomic mass is 32.2. The zero-order valence-corrected chi connectivity index (χ0v) is 15.0. The van der Waals surface area contributed by atoms with Gasteiger partial charge in [-0.2, -0.15) is 5.10 Å². The number of hydrogen-bond acceptors (Lipinski definition) is 5. The van der Waals surface area contributed by atoms with Crippen molar-refractivity contribution in [2.45, 2.75) is 11.8 Å². The molecule has 0 aliphatic rings. The van der Waals surface area contributed by atoms with Crippen molar-refractivity contribution in [3.63, 3.8) is 0 Å². The summed E-state index contributed by atoms with van der Waals surface area (Å²) in [6.07, 6.45) is 3.02. The zero-order valence-electron chi connectivity index (χ0n) is 14.2. The lowest BCUT2D eigenvalue weighted by Gasteiger charge is -2.09. The monoisotopic (exact) mass is 371 g/mol. The summed E-state index contributed by atoms with van der Waals surface area (Å²) in [5, 5.41) is 6.80. The number of nitrogens with one attached hydrogen (secondary N) is 2. The smallest absolute Gasteiger partial charge is 0.261 e. The molecule has 0 saturated heterocycles. The summed E-state index contributed by atoms with van der Waals surface area (Å²) in [5.41, 5.74) is 1.67. The van der Waals surface area contributed by atoms with Gasteiger partial charge in [0.05, 0.1) is 22.5 Å². The molecule has 134 valence electrons. The largest absolute Gasteiger partial charge is 0.309 e. The highest BCUT2D eigenvalue weighted by molar-refractivity contribution is 7.92. The van der Waals surface area contributed by atoms with E-state index in [1.807, 2.05) is 0 Å². The van der Waals surface area contributed by atoms with Crippen LogP contribution in [0.15, 0.2) is 59.8 Å². The van der Waals surface area contributed by atoms with Gasteiger partial charge in [-0.15, -0.1) is 0 Å². The highest BCUT2D eigenvalue weighted by Crippen LogP contribution is 2.25. The van der Waals surface area contributed by atoms with Crippen LogP contribution in [0.1, 0.15) is 6.92 Å². The Hall–Kier alpha value is -3.20. The van der Waals surface area contributed by atoms with Gasteiger partial charge in [-0.05, 0) is 18.2 Å². The van der Waals surface area contributed by atoms with E-state index in [1.54, 1.807) is 48.3 Å². The molecule has 0 fully saturated rings. The minimum absolute atomic E-state index is 0.166. The van der Waals surface area contributed by atoms with E-state index in [0.29, 0.717) is 22.8 Å². The third-order valence-corrected chi connectivity index (χ3v) is 4.92. The van der Waals surface area contributed by atoms with Gasteiger partial charge in [-0.25, -0.2) is 8.42 Å². The Morgan fingerprint density at radius 1 is 1.12 bits per heavy atom. The van der Waals surface area contributed by atoms with Crippen molar-refractivity contribution in [2.24, 2.45) is 7.05 Å². The number of hydrogen-bond donors (Lipinski definition) is 2. The lowest BCUT2D eigenvalue weighted by atomic mass is 10.2. The van der Waals surface area contributed by atoms with Gasteiger partial charge in [0, 0.05) is 31.8 Å². The molecule has 1 amide bonds. The van der Waals surface area contributed by atoms with Gasteiger partial charge in [0.2, 0.25) is 5.91 Å². The Bertz CT molecular complexity index is 1050. The molecule has 0 spiro atoms. The predicted octanol–water partition coefficient (Wildman–Crippen LogP) is 2.24. The maximum absolute atomic E-state index is 12.4. The summed E-state index contributed by atoms with van der Waals surface area (Å²) in [5.74, 6) is 0.183. The number of rotatable bonds is 5. The third-order valence-electron chi connectivity index (χ3n) is 3.52. The quantitative estimate of drug-likeness (QED) is 0.715. The molecule has 2 heterocycles. The SMILES string of the molecule is CC(=O)Nc1cc(-c2cncc(NS(=O)(=O)c3ccccc3)c2)n(C)n1. The topological polar surface area (TPSA) is 106 Å². The number of sulfonamides is 1. The van der Waals surface area contributed by atoms with Gasteiger partial charge in [0.25, 0.3) is 10.0 Å². The van der Waals surface area contributed by atoms with E-state index in [4.69, 9.17) is 0 Å². The summed E-state index contributed by atoms with van der Waals surface area (Å²) in [7, 11) is -1.98. The van der Waals surface area contributed by atoms with Crippen LogP contribution in [0.2, 0.25) is 0 Å². The summed E-state index contributed by atoms with van der Waals surface area (Å²) in [4.78, 5) is 15.4. The van der Waals surface area contributed by atoms with Gasteiger partial charge in [0.15, 0.2) is 5.82 Å². The Morgan fingerprint density at radius 2 is 1.85 bits per heavy atom. The van der Waals surface area contributed by atoms with Crippen molar-refractivity contribution in [1.82, 2.24) is 14.8 Å². The van der Waals surface area contributed by atoms with E-state index in [9.17, 15) is 13.2 Å². The van der Waals surface area contributed by atoms with Crippen LogP contribution < -0.4 is 10.0 Å². The number of aryl methyl sites for hydroxylation is 1. The Labute approximate surface area is 150 Å². The number of anilines is 2. The second-order valence-corrected chi connectivity index (χ2v) is 7.28. The summed E-state index contributed by atoms with van der Waals surface area (Å²) < 4.78 is 29.0. The van der Waals surface area contributed by atoms with Crippen molar-refractivity contribution in [1.29, 1.82) is 0 Å². The van der Waals surface area contributed by atoms with Gasteiger partial charge in [0.1, 0.15) is 0 Å². The molecule has 0 aliphatic carbocycles. The molecule has 2 N–H and O–H groups in total. The van der Waals surface area contributed by atoms with Gasteiger partial charge >= 0.3 is 0 Å².